The van der Waals surface area contributed by atoms with E-state index >= 15 is 0 Å². The van der Waals surface area contributed by atoms with Crippen LogP contribution in [0.2, 0.25) is 0 Å². The maximum Gasteiger partial charge on any atom is 0.187 e. The smallest absolute Gasteiger partial charge is 0.187 e. The number of rotatable bonds is 13. The highest BCUT2D eigenvalue weighted by Gasteiger charge is 2.29. The SMILES string of the molecule is [C-]#[N+]c1cccc(-c2ccc(-c3cc(-c4nc(-c5cc(C(C)(C)C)cc(C(C)(C)C)c5)nc(-c5cc(C(C)(C)C)cc(C(C)(C)C)c5)n4)ccc3-n3c4ccccc4c4cc(-c5nc(-c6ccccc6)nc(-c6ccccc6)n5)ccc43)c(-n3c4ccccc4c4cc(-c5nc(-c6ccccc6)nc(-c6ccccc6)n5)ccc43)c2)c1. The topological polar surface area (TPSA) is 130 Å². The summed E-state index contributed by atoms with van der Waals surface area (Å²) in [6, 6.07) is 106. The molecule has 0 aliphatic rings. The molecule has 5 heterocycles. The number of hydrogen-bond acceptors (Lipinski definition) is 9. The van der Waals surface area contributed by atoms with Gasteiger partial charge in [0.2, 0.25) is 0 Å². The number of nitrogens with zero attached hydrogens (tertiary/aromatic N) is 12. The molecule has 0 aliphatic heterocycles. The van der Waals surface area contributed by atoms with Crippen molar-refractivity contribution in [1.82, 2.24) is 54.0 Å². The summed E-state index contributed by atoms with van der Waals surface area (Å²) in [5, 5.41) is 4.10. The molecular formula is C104H86N12. The first-order valence-corrected chi connectivity index (χ1v) is 39.6. The lowest BCUT2D eigenvalue weighted by Gasteiger charge is -2.26. The predicted molar refractivity (Wildman–Crippen MR) is 476 cm³/mol. The molecule has 0 radical (unpaired) electrons. The van der Waals surface area contributed by atoms with Crippen LogP contribution in [0.4, 0.5) is 5.69 Å². The van der Waals surface area contributed by atoms with Gasteiger partial charge in [-0.1, -0.05) is 283 Å². The summed E-state index contributed by atoms with van der Waals surface area (Å²) in [6.07, 6.45) is 0. The van der Waals surface area contributed by atoms with Crippen LogP contribution in [0.1, 0.15) is 105 Å². The Morgan fingerprint density at radius 2 is 0.517 bits per heavy atom. The summed E-state index contributed by atoms with van der Waals surface area (Å²) in [5.41, 5.74) is 21.8. The van der Waals surface area contributed by atoms with Gasteiger partial charge < -0.3 is 9.13 Å². The first-order valence-electron chi connectivity index (χ1n) is 39.6. The fourth-order valence-electron chi connectivity index (χ4n) is 15.6. The third kappa shape index (κ3) is 14.1. The van der Waals surface area contributed by atoms with Gasteiger partial charge in [0, 0.05) is 82.7 Å². The quantitative estimate of drug-likeness (QED) is 0.104. The van der Waals surface area contributed by atoms with Gasteiger partial charge in [0.15, 0.2) is 58.1 Å². The van der Waals surface area contributed by atoms with Crippen LogP contribution in [0.25, 0.3) is 185 Å². The second kappa shape index (κ2) is 28.9. The van der Waals surface area contributed by atoms with Crippen molar-refractivity contribution in [1.29, 1.82) is 0 Å². The van der Waals surface area contributed by atoms with Crippen LogP contribution >= 0.6 is 0 Å². The Hall–Kier alpha value is -14.0. The third-order valence-corrected chi connectivity index (χ3v) is 22.1. The average molecular weight is 1500 g/mol. The third-order valence-electron chi connectivity index (χ3n) is 22.1. The molecule has 116 heavy (non-hydrogen) atoms. The van der Waals surface area contributed by atoms with Crippen molar-refractivity contribution in [2.75, 3.05) is 0 Å². The highest BCUT2D eigenvalue weighted by atomic mass is 15.1. The van der Waals surface area contributed by atoms with Crippen molar-refractivity contribution in [3.8, 4) is 136 Å². The Labute approximate surface area is 677 Å². The van der Waals surface area contributed by atoms with E-state index in [2.05, 4.69) is 261 Å². The van der Waals surface area contributed by atoms with Crippen LogP contribution < -0.4 is 0 Å². The zero-order valence-corrected chi connectivity index (χ0v) is 67.2. The molecule has 18 aromatic rings. The lowest BCUT2D eigenvalue weighted by Crippen LogP contribution is -2.17. The minimum absolute atomic E-state index is 0.194. The van der Waals surface area contributed by atoms with E-state index in [1.54, 1.807) is 0 Å². The molecular weight excluding hydrogens is 1420 g/mol. The van der Waals surface area contributed by atoms with E-state index in [1.165, 1.54) is 22.3 Å². The van der Waals surface area contributed by atoms with Gasteiger partial charge in [0.1, 0.15) is 0 Å². The van der Waals surface area contributed by atoms with Crippen molar-refractivity contribution >= 4 is 49.3 Å². The average Bonchev–Trinajstić information content (AvgIpc) is 1.55. The minimum Gasteiger partial charge on any atom is -0.309 e. The normalized spacial score (nSPS) is 12.1. The molecule has 18 rings (SSSR count). The molecule has 0 atom stereocenters. The zero-order chi connectivity index (χ0) is 79.9. The minimum atomic E-state index is -0.194. The molecule has 13 aromatic carbocycles. The number of fused-ring (bicyclic) bond motifs is 6. The molecule has 0 spiro atoms. The lowest BCUT2D eigenvalue weighted by atomic mass is 9.79. The molecule has 0 amide bonds. The summed E-state index contributed by atoms with van der Waals surface area (Å²) in [7, 11) is 0. The molecule has 0 fully saturated rings. The summed E-state index contributed by atoms with van der Waals surface area (Å²) in [6.45, 7) is 35.5. The van der Waals surface area contributed by atoms with Gasteiger partial charge in [0.25, 0.3) is 0 Å². The molecule has 0 aliphatic carbocycles. The second-order valence-electron chi connectivity index (χ2n) is 34.3. The Kier molecular flexibility index (Phi) is 18.3. The van der Waals surface area contributed by atoms with Crippen LogP contribution in [-0.4, -0.2) is 54.0 Å². The Balaban J connectivity index is 0.924. The molecule has 12 nitrogen and oxygen atoms in total. The summed E-state index contributed by atoms with van der Waals surface area (Å²) in [4.78, 5) is 52.2. The van der Waals surface area contributed by atoms with E-state index in [1.807, 2.05) is 140 Å². The Morgan fingerprint density at radius 3 is 0.897 bits per heavy atom. The van der Waals surface area contributed by atoms with Gasteiger partial charge in [-0.3, -0.25) is 0 Å². The van der Waals surface area contributed by atoms with Gasteiger partial charge in [-0.05, 0) is 158 Å². The van der Waals surface area contributed by atoms with Gasteiger partial charge in [0.05, 0.1) is 40.0 Å². The molecule has 0 saturated carbocycles. The summed E-state index contributed by atoms with van der Waals surface area (Å²) >= 11 is 0. The van der Waals surface area contributed by atoms with Gasteiger partial charge in [-0.2, -0.15) is 0 Å². The monoisotopic (exact) mass is 1500 g/mol. The van der Waals surface area contributed by atoms with Crippen LogP contribution in [0, 0.1) is 6.57 Å². The molecule has 0 saturated heterocycles. The number of para-hydroxylation sites is 2. The highest BCUT2D eigenvalue weighted by molar-refractivity contribution is 6.13. The standard InChI is InChI=1S/C104H86N12/c1-101(2,3)75-53-73(54-76(62-75)102(4,5)6)99-112-98(113-100(114-99)74-55-77(103(7,8)9)63-78(56-74)104(10,11)12)72-47-51-89(115-86-43-28-26-41-80(86)83-58-70(46-50-88(83)115)96-108-92(64-31-18-14-19-32-64)106-93(109-96)65-33-20-15-21-34-65)85(60-72)82-49-45-69(68-39-30-40-79(57-68)105-13)61-91(82)116-87-44-29-27-42-81(87)84-59-71(48-52-90(84)116)97-110-94(66-35-22-16-23-36-66)107-95(111-97)67-37-24-17-25-38-67/h14-63H,1-12H3. The Morgan fingerprint density at radius 1 is 0.216 bits per heavy atom. The van der Waals surface area contributed by atoms with Gasteiger partial charge >= 0.3 is 0 Å². The molecule has 0 bridgehead atoms. The predicted octanol–water partition coefficient (Wildman–Crippen LogP) is 26.5. The van der Waals surface area contributed by atoms with Crippen LogP contribution in [-0.2, 0) is 21.7 Å². The maximum absolute atomic E-state index is 8.25. The van der Waals surface area contributed by atoms with Crippen molar-refractivity contribution in [3.05, 3.63) is 337 Å². The summed E-state index contributed by atoms with van der Waals surface area (Å²) in [5.74, 6) is 5.13. The molecule has 0 N–H and O–H groups in total. The molecule has 562 valence electrons. The first kappa shape index (κ1) is 73.5. The van der Waals surface area contributed by atoms with E-state index in [4.69, 9.17) is 51.4 Å². The maximum atomic E-state index is 8.25. The molecule has 12 heteroatoms. The van der Waals surface area contributed by atoms with Crippen LogP contribution in [0.3, 0.4) is 0 Å². The van der Waals surface area contributed by atoms with Crippen molar-refractivity contribution in [2.24, 2.45) is 0 Å². The van der Waals surface area contributed by atoms with Crippen molar-refractivity contribution in [2.45, 2.75) is 105 Å². The fraction of sp³-hybridized carbons (Fsp3) is 0.154. The molecule has 0 unspecified atom stereocenters. The van der Waals surface area contributed by atoms with Crippen molar-refractivity contribution < 1.29 is 0 Å². The number of benzene rings is 13. The van der Waals surface area contributed by atoms with E-state index in [-0.39, 0.29) is 21.7 Å². The largest absolute Gasteiger partial charge is 0.309 e. The van der Waals surface area contributed by atoms with Gasteiger partial charge in [-0.15, -0.1) is 0 Å². The van der Waals surface area contributed by atoms with E-state index in [0.29, 0.717) is 58.1 Å². The number of hydrogen-bond donors (Lipinski definition) is 0. The van der Waals surface area contributed by atoms with Crippen LogP contribution in [0.5, 0.6) is 0 Å². The van der Waals surface area contributed by atoms with E-state index in [0.717, 1.165) is 127 Å². The van der Waals surface area contributed by atoms with E-state index in [9.17, 15) is 0 Å². The summed E-state index contributed by atoms with van der Waals surface area (Å²) < 4.78 is 4.81. The van der Waals surface area contributed by atoms with E-state index < -0.39 is 0 Å². The second-order valence-corrected chi connectivity index (χ2v) is 34.3. The number of aromatic nitrogens is 11. The lowest BCUT2D eigenvalue weighted by molar-refractivity contribution is 0.568. The highest BCUT2D eigenvalue weighted by Crippen LogP contribution is 2.47. The van der Waals surface area contributed by atoms with Crippen molar-refractivity contribution in [3.63, 3.8) is 0 Å². The zero-order valence-electron chi connectivity index (χ0n) is 67.2. The van der Waals surface area contributed by atoms with Gasteiger partial charge in [-0.25, -0.2) is 49.7 Å². The fourth-order valence-corrected chi connectivity index (χ4v) is 15.6. The van der Waals surface area contributed by atoms with Crippen LogP contribution in [0.15, 0.2) is 303 Å². The molecule has 5 aromatic heterocycles. The first-order chi connectivity index (χ1) is 55.9. The Bertz CT molecular complexity index is 6650.